The Morgan fingerprint density at radius 2 is 1.65 bits per heavy atom. The zero-order valence-electron chi connectivity index (χ0n) is 12.9. The Balaban J connectivity index is 2.82. The molecule has 2 N–H and O–H groups in total. The van der Waals surface area contributed by atoms with Gasteiger partial charge < -0.3 is 5.32 Å². The number of carbonyl (C=O) groups excluding carboxylic acids is 1. The van der Waals surface area contributed by atoms with E-state index in [9.17, 15) is 26.4 Å². The molecule has 1 aromatic rings. The van der Waals surface area contributed by atoms with Crippen molar-refractivity contribution in [1.29, 1.82) is 0 Å². The summed E-state index contributed by atoms with van der Waals surface area (Å²) in [6, 6.07) is 4.41. The van der Waals surface area contributed by atoms with Crippen LogP contribution in [0.15, 0.2) is 29.2 Å². The molecule has 5 nitrogen and oxygen atoms in total. The quantitative estimate of drug-likeness (QED) is 0.825. The van der Waals surface area contributed by atoms with Crippen LogP contribution in [-0.4, -0.2) is 33.1 Å². The van der Waals surface area contributed by atoms with Gasteiger partial charge in [-0.1, -0.05) is 13.8 Å². The Hall–Kier alpha value is -1.61. The summed E-state index contributed by atoms with van der Waals surface area (Å²) in [6.07, 6.45) is -4.50. The first kappa shape index (κ1) is 19.4. The van der Waals surface area contributed by atoms with Crippen LogP contribution in [0.5, 0.6) is 0 Å². The van der Waals surface area contributed by atoms with Gasteiger partial charge in [-0.05, 0) is 37.1 Å². The third-order valence-corrected chi connectivity index (χ3v) is 4.79. The molecule has 0 saturated heterocycles. The lowest BCUT2D eigenvalue weighted by molar-refractivity contribution is -0.123. The molecule has 0 aliphatic carbocycles. The van der Waals surface area contributed by atoms with Crippen molar-refractivity contribution in [2.75, 3.05) is 6.54 Å². The van der Waals surface area contributed by atoms with Gasteiger partial charge >= 0.3 is 6.18 Å². The van der Waals surface area contributed by atoms with Crippen LogP contribution in [-0.2, 0) is 10.0 Å². The Bertz CT molecular complexity index is 640. The molecule has 1 rings (SSSR count). The standard InChI is InChI=1S/C14H19F3N2O3S/c1-9(2)10(3)19-23(21,22)12-6-4-11(5-7-12)13(20)18-8-14(15,16)17/h4-7,9-10,19H,8H2,1-3H3,(H,18,20). The summed E-state index contributed by atoms with van der Waals surface area (Å²) in [5.74, 6) is -0.827. The summed E-state index contributed by atoms with van der Waals surface area (Å²) in [5.41, 5.74) is -0.0508. The molecule has 0 aliphatic heterocycles. The number of halogens is 3. The monoisotopic (exact) mass is 352 g/mol. The summed E-state index contributed by atoms with van der Waals surface area (Å²) in [7, 11) is -3.74. The number of sulfonamides is 1. The summed E-state index contributed by atoms with van der Waals surface area (Å²) in [6.45, 7) is 4.00. The summed E-state index contributed by atoms with van der Waals surface area (Å²) in [4.78, 5) is 11.5. The number of carbonyl (C=O) groups is 1. The Morgan fingerprint density at radius 3 is 2.09 bits per heavy atom. The van der Waals surface area contributed by atoms with Crippen molar-refractivity contribution in [3.8, 4) is 0 Å². The van der Waals surface area contributed by atoms with E-state index in [1.54, 1.807) is 12.2 Å². The van der Waals surface area contributed by atoms with Gasteiger partial charge in [0.25, 0.3) is 5.91 Å². The van der Waals surface area contributed by atoms with Crippen molar-refractivity contribution < 1.29 is 26.4 Å². The first-order valence-electron chi connectivity index (χ1n) is 6.90. The number of nitrogens with one attached hydrogen (secondary N) is 2. The van der Waals surface area contributed by atoms with Gasteiger partial charge in [-0.3, -0.25) is 4.79 Å². The Morgan fingerprint density at radius 1 is 1.13 bits per heavy atom. The van der Waals surface area contributed by atoms with E-state index in [-0.39, 0.29) is 22.4 Å². The highest BCUT2D eigenvalue weighted by molar-refractivity contribution is 7.89. The van der Waals surface area contributed by atoms with Crippen molar-refractivity contribution in [2.45, 2.75) is 37.9 Å². The van der Waals surface area contributed by atoms with Crippen LogP contribution in [0.25, 0.3) is 0 Å². The molecule has 1 unspecified atom stereocenters. The lowest BCUT2D eigenvalue weighted by Gasteiger charge is -2.17. The first-order chi connectivity index (χ1) is 10.4. The van der Waals surface area contributed by atoms with Crippen molar-refractivity contribution >= 4 is 15.9 Å². The van der Waals surface area contributed by atoms with Gasteiger partial charge in [0.2, 0.25) is 10.0 Å². The molecule has 23 heavy (non-hydrogen) atoms. The number of benzene rings is 1. The van der Waals surface area contributed by atoms with Gasteiger partial charge in [-0.2, -0.15) is 13.2 Å². The molecule has 0 saturated carbocycles. The molecular weight excluding hydrogens is 333 g/mol. The van der Waals surface area contributed by atoms with E-state index in [1.807, 2.05) is 13.8 Å². The van der Waals surface area contributed by atoms with Crippen molar-refractivity contribution in [3.63, 3.8) is 0 Å². The fourth-order valence-corrected chi connectivity index (χ4v) is 2.91. The lowest BCUT2D eigenvalue weighted by Crippen LogP contribution is -2.36. The third kappa shape index (κ3) is 6.19. The number of hydrogen-bond acceptors (Lipinski definition) is 3. The van der Waals surface area contributed by atoms with Gasteiger partial charge in [-0.25, -0.2) is 13.1 Å². The van der Waals surface area contributed by atoms with Crippen LogP contribution in [0.2, 0.25) is 0 Å². The summed E-state index contributed by atoms with van der Waals surface area (Å²) < 4.78 is 62.8. The molecule has 9 heteroatoms. The average molecular weight is 352 g/mol. The van der Waals surface area contributed by atoms with E-state index in [1.165, 1.54) is 24.3 Å². The molecule has 1 amide bonds. The Kier molecular flexibility index (Phi) is 6.18. The normalized spacial score (nSPS) is 13.9. The maximum absolute atomic E-state index is 12.1. The second kappa shape index (κ2) is 7.31. The third-order valence-electron chi connectivity index (χ3n) is 3.22. The molecule has 0 bridgehead atoms. The van der Waals surface area contributed by atoms with Crippen molar-refractivity contribution in [2.24, 2.45) is 5.92 Å². The van der Waals surface area contributed by atoms with Gasteiger partial charge in [-0.15, -0.1) is 0 Å². The number of amides is 1. The molecule has 0 heterocycles. The topological polar surface area (TPSA) is 75.3 Å². The minimum Gasteiger partial charge on any atom is -0.343 e. The molecule has 0 aromatic heterocycles. The second-order valence-electron chi connectivity index (χ2n) is 5.48. The van der Waals surface area contributed by atoms with E-state index >= 15 is 0 Å². The molecule has 0 fully saturated rings. The SMILES string of the molecule is CC(C)C(C)NS(=O)(=O)c1ccc(C(=O)NCC(F)(F)F)cc1. The largest absolute Gasteiger partial charge is 0.405 e. The second-order valence-corrected chi connectivity index (χ2v) is 7.19. The van der Waals surface area contributed by atoms with E-state index in [0.717, 1.165) is 0 Å². The van der Waals surface area contributed by atoms with E-state index in [0.29, 0.717) is 0 Å². The summed E-state index contributed by atoms with van der Waals surface area (Å²) >= 11 is 0. The molecular formula is C14H19F3N2O3S. The van der Waals surface area contributed by atoms with Gasteiger partial charge in [0.1, 0.15) is 6.54 Å². The number of rotatable bonds is 6. The molecule has 0 radical (unpaired) electrons. The summed E-state index contributed by atoms with van der Waals surface area (Å²) in [5, 5.41) is 1.72. The zero-order valence-corrected chi connectivity index (χ0v) is 13.8. The zero-order chi connectivity index (χ0) is 17.8. The van der Waals surface area contributed by atoms with Crippen LogP contribution >= 0.6 is 0 Å². The smallest absolute Gasteiger partial charge is 0.343 e. The lowest BCUT2D eigenvalue weighted by atomic mass is 10.1. The minimum atomic E-state index is -4.50. The highest BCUT2D eigenvalue weighted by Gasteiger charge is 2.28. The van der Waals surface area contributed by atoms with Gasteiger partial charge in [0.05, 0.1) is 4.90 Å². The van der Waals surface area contributed by atoms with Crippen LogP contribution in [0.1, 0.15) is 31.1 Å². The van der Waals surface area contributed by atoms with Gasteiger partial charge in [0.15, 0.2) is 0 Å². The predicted molar refractivity (Wildman–Crippen MR) is 79.5 cm³/mol. The van der Waals surface area contributed by atoms with Crippen LogP contribution < -0.4 is 10.0 Å². The fraction of sp³-hybridized carbons (Fsp3) is 0.500. The van der Waals surface area contributed by atoms with Crippen molar-refractivity contribution in [1.82, 2.24) is 10.0 Å². The highest BCUT2D eigenvalue weighted by atomic mass is 32.2. The van der Waals surface area contributed by atoms with Crippen LogP contribution in [0, 0.1) is 5.92 Å². The molecule has 130 valence electrons. The van der Waals surface area contributed by atoms with Gasteiger partial charge in [0, 0.05) is 11.6 Å². The highest BCUT2D eigenvalue weighted by Crippen LogP contribution is 2.15. The molecule has 0 spiro atoms. The molecule has 1 atom stereocenters. The maximum atomic E-state index is 12.1. The predicted octanol–water partition coefficient (Wildman–Crippen LogP) is 2.30. The van der Waals surface area contributed by atoms with E-state index in [2.05, 4.69) is 4.72 Å². The van der Waals surface area contributed by atoms with E-state index in [4.69, 9.17) is 0 Å². The number of hydrogen-bond donors (Lipinski definition) is 2. The first-order valence-corrected chi connectivity index (χ1v) is 8.38. The molecule has 0 aliphatic rings. The average Bonchev–Trinajstić information content (AvgIpc) is 2.43. The number of alkyl halides is 3. The van der Waals surface area contributed by atoms with Crippen LogP contribution in [0.4, 0.5) is 13.2 Å². The minimum absolute atomic E-state index is 0.0508. The van der Waals surface area contributed by atoms with Crippen molar-refractivity contribution in [3.05, 3.63) is 29.8 Å². The van der Waals surface area contributed by atoms with E-state index < -0.39 is 28.7 Å². The molecule has 1 aromatic carbocycles. The van der Waals surface area contributed by atoms with Crippen LogP contribution in [0.3, 0.4) is 0 Å². The maximum Gasteiger partial charge on any atom is 0.405 e. The fourth-order valence-electron chi connectivity index (χ4n) is 1.52. The Labute approximate surface area is 133 Å².